The third kappa shape index (κ3) is 3.65. The van der Waals surface area contributed by atoms with Gasteiger partial charge in [-0.15, -0.1) is 0 Å². The molecule has 1 amide bonds. The zero-order chi connectivity index (χ0) is 13.7. The van der Waals surface area contributed by atoms with Crippen molar-refractivity contribution in [3.63, 3.8) is 0 Å². The van der Waals surface area contributed by atoms with Gasteiger partial charge in [-0.05, 0) is 45.9 Å². The summed E-state index contributed by atoms with van der Waals surface area (Å²) in [5, 5.41) is 2.93. The fraction of sp³-hybridized carbons (Fsp3) is 0.500. The Bertz CT molecular complexity index is 404. The molecule has 0 spiro atoms. The van der Waals surface area contributed by atoms with Gasteiger partial charge in [0, 0.05) is 24.0 Å². The second-order valence-electron chi connectivity index (χ2n) is 4.72. The van der Waals surface area contributed by atoms with Crippen LogP contribution in [-0.2, 0) is 4.79 Å². The van der Waals surface area contributed by atoms with Crippen molar-refractivity contribution in [1.29, 1.82) is 0 Å². The van der Waals surface area contributed by atoms with E-state index in [1.165, 1.54) is 0 Å². The highest BCUT2D eigenvalue weighted by atomic mass is 16.2. The number of amides is 1. The van der Waals surface area contributed by atoms with Crippen LogP contribution in [0.15, 0.2) is 24.3 Å². The first kappa shape index (κ1) is 14.4. The summed E-state index contributed by atoms with van der Waals surface area (Å²) in [5.74, 6) is 0.0364. The van der Waals surface area contributed by atoms with E-state index in [0.29, 0.717) is 5.69 Å². The lowest BCUT2D eigenvalue weighted by atomic mass is 10.2. The number of carbonyl (C=O) groups is 1. The second-order valence-corrected chi connectivity index (χ2v) is 4.72. The van der Waals surface area contributed by atoms with Crippen molar-refractivity contribution in [2.45, 2.75) is 39.8 Å². The van der Waals surface area contributed by atoms with E-state index in [1.807, 2.05) is 56.9 Å². The van der Waals surface area contributed by atoms with Gasteiger partial charge < -0.3 is 16.0 Å². The molecule has 0 fully saturated rings. The number of nitrogens with one attached hydrogen (secondary N) is 1. The van der Waals surface area contributed by atoms with E-state index < -0.39 is 0 Å². The van der Waals surface area contributed by atoms with Crippen LogP contribution in [0.25, 0.3) is 0 Å². The van der Waals surface area contributed by atoms with Crippen LogP contribution < -0.4 is 16.0 Å². The highest BCUT2D eigenvalue weighted by molar-refractivity contribution is 5.85. The molecular weight excluding hydrogens is 226 g/mol. The minimum Gasteiger partial charge on any atom is -0.399 e. The van der Waals surface area contributed by atoms with Crippen LogP contribution in [0.4, 0.5) is 11.4 Å². The predicted octanol–water partition coefficient (Wildman–Crippen LogP) is 2.01. The molecule has 1 aromatic rings. The molecule has 100 valence electrons. The maximum absolute atomic E-state index is 12.0. The molecule has 0 aliphatic heterocycles. The van der Waals surface area contributed by atoms with Gasteiger partial charge in [0.2, 0.25) is 5.91 Å². The van der Waals surface area contributed by atoms with Gasteiger partial charge in [-0.25, -0.2) is 0 Å². The SMILES string of the molecule is CCN(c1cccc(N)c1)C(C)C(=O)NC(C)C. The van der Waals surface area contributed by atoms with Crippen LogP contribution in [-0.4, -0.2) is 24.5 Å². The molecule has 18 heavy (non-hydrogen) atoms. The Morgan fingerprint density at radius 2 is 2.06 bits per heavy atom. The molecule has 0 saturated carbocycles. The van der Waals surface area contributed by atoms with Crippen LogP contribution in [0.2, 0.25) is 0 Å². The number of nitrogens with two attached hydrogens (primary N) is 1. The molecule has 0 aliphatic carbocycles. The van der Waals surface area contributed by atoms with Gasteiger partial charge in [0.25, 0.3) is 0 Å². The maximum Gasteiger partial charge on any atom is 0.242 e. The summed E-state index contributed by atoms with van der Waals surface area (Å²) in [7, 11) is 0. The average Bonchev–Trinajstić information content (AvgIpc) is 2.29. The zero-order valence-electron chi connectivity index (χ0n) is 11.6. The Kier molecular flexibility index (Phi) is 5.01. The molecule has 3 N–H and O–H groups in total. The first-order chi connectivity index (χ1) is 8.45. The third-order valence-corrected chi connectivity index (χ3v) is 2.82. The van der Waals surface area contributed by atoms with Gasteiger partial charge in [0.1, 0.15) is 6.04 Å². The summed E-state index contributed by atoms with van der Waals surface area (Å²) in [6.07, 6.45) is 0. The molecule has 1 rings (SSSR count). The van der Waals surface area contributed by atoms with Crippen molar-refractivity contribution in [2.75, 3.05) is 17.2 Å². The fourth-order valence-corrected chi connectivity index (χ4v) is 1.93. The fourth-order valence-electron chi connectivity index (χ4n) is 1.93. The number of rotatable bonds is 5. The topological polar surface area (TPSA) is 58.4 Å². The number of likely N-dealkylation sites (N-methyl/N-ethyl adjacent to an activating group) is 1. The van der Waals surface area contributed by atoms with E-state index in [9.17, 15) is 4.79 Å². The Morgan fingerprint density at radius 1 is 1.39 bits per heavy atom. The lowest BCUT2D eigenvalue weighted by molar-refractivity contribution is -0.122. The average molecular weight is 249 g/mol. The van der Waals surface area contributed by atoms with Crippen molar-refractivity contribution in [3.8, 4) is 0 Å². The number of benzene rings is 1. The van der Waals surface area contributed by atoms with Crippen molar-refractivity contribution in [1.82, 2.24) is 5.32 Å². The molecule has 0 heterocycles. The van der Waals surface area contributed by atoms with Gasteiger partial charge in [-0.1, -0.05) is 6.07 Å². The van der Waals surface area contributed by atoms with Gasteiger partial charge in [-0.3, -0.25) is 4.79 Å². The van der Waals surface area contributed by atoms with E-state index in [0.717, 1.165) is 12.2 Å². The molecule has 1 unspecified atom stereocenters. The molecule has 4 nitrogen and oxygen atoms in total. The lowest BCUT2D eigenvalue weighted by Crippen LogP contribution is -2.47. The van der Waals surface area contributed by atoms with Crippen LogP contribution >= 0.6 is 0 Å². The Balaban J connectivity index is 2.86. The van der Waals surface area contributed by atoms with Gasteiger partial charge in [0.15, 0.2) is 0 Å². The zero-order valence-corrected chi connectivity index (χ0v) is 11.6. The van der Waals surface area contributed by atoms with Crippen LogP contribution in [0, 0.1) is 0 Å². The van der Waals surface area contributed by atoms with E-state index in [4.69, 9.17) is 5.73 Å². The first-order valence-electron chi connectivity index (χ1n) is 6.38. The van der Waals surface area contributed by atoms with Gasteiger partial charge in [0.05, 0.1) is 0 Å². The summed E-state index contributed by atoms with van der Waals surface area (Å²) in [4.78, 5) is 14.1. The van der Waals surface area contributed by atoms with Crippen molar-refractivity contribution in [2.24, 2.45) is 0 Å². The van der Waals surface area contributed by atoms with E-state index >= 15 is 0 Å². The summed E-state index contributed by atoms with van der Waals surface area (Å²) in [5.41, 5.74) is 7.47. The minimum atomic E-state index is -0.209. The minimum absolute atomic E-state index is 0.0364. The smallest absolute Gasteiger partial charge is 0.242 e. The molecule has 0 aliphatic rings. The van der Waals surface area contributed by atoms with E-state index in [1.54, 1.807) is 0 Å². The summed E-state index contributed by atoms with van der Waals surface area (Å²) >= 11 is 0. The molecule has 0 saturated heterocycles. The molecule has 0 radical (unpaired) electrons. The van der Waals surface area contributed by atoms with Gasteiger partial charge in [-0.2, -0.15) is 0 Å². The number of anilines is 2. The number of hydrogen-bond acceptors (Lipinski definition) is 3. The quantitative estimate of drug-likeness (QED) is 0.785. The molecular formula is C14H23N3O. The molecule has 4 heteroatoms. The maximum atomic E-state index is 12.0. The summed E-state index contributed by atoms with van der Waals surface area (Å²) in [6, 6.07) is 7.55. The number of carbonyl (C=O) groups excluding carboxylic acids is 1. The Morgan fingerprint density at radius 3 is 2.56 bits per heavy atom. The predicted molar refractivity (Wildman–Crippen MR) is 76.6 cm³/mol. The van der Waals surface area contributed by atoms with Crippen LogP contribution in [0.1, 0.15) is 27.7 Å². The Hall–Kier alpha value is -1.71. The number of hydrogen-bond donors (Lipinski definition) is 2. The standard InChI is InChI=1S/C14H23N3O/c1-5-17(11(4)14(18)16-10(2)3)13-8-6-7-12(15)9-13/h6-11H,5,15H2,1-4H3,(H,16,18). The van der Waals surface area contributed by atoms with Crippen LogP contribution in [0.5, 0.6) is 0 Å². The third-order valence-electron chi connectivity index (χ3n) is 2.82. The summed E-state index contributed by atoms with van der Waals surface area (Å²) < 4.78 is 0. The second kappa shape index (κ2) is 6.28. The Labute approximate surface area is 109 Å². The number of nitrogen functional groups attached to an aromatic ring is 1. The van der Waals surface area contributed by atoms with Gasteiger partial charge >= 0.3 is 0 Å². The monoisotopic (exact) mass is 249 g/mol. The van der Waals surface area contributed by atoms with Crippen molar-refractivity contribution >= 4 is 17.3 Å². The highest BCUT2D eigenvalue weighted by Crippen LogP contribution is 2.19. The molecule has 0 aromatic heterocycles. The van der Waals surface area contributed by atoms with E-state index in [2.05, 4.69) is 5.32 Å². The normalized spacial score (nSPS) is 12.3. The first-order valence-corrected chi connectivity index (χ1v) is 6.38. The largest absolute Gasteiger partial charge is 0.399 e. The van der Waals surface area contributed by atoms with Crippen molar-refractivity contribution in [3.05, 3.63) is 24.3 Å². The molecule has 0 bridgehead atoms. The van der Waals surface area contributed by atoms with Crippen molar-refractivity contribution < 1.29 is 4.79 Å². The lowest BCUT2D eigenvalue weighted by Gasteiger charge is -2.30. The molecule has 1 atom stereocenters. The molecule has 1 aromatic carbocycles. The highest BCUT2D eigenvalue weighted by Gasteiger charge is 2.20. The number of nitrogens with zero attached hydrogens (tertiary/aromatic N) is 1. The van der Waals surface area contributed by atoms with Crippen LogP contribution in [0.3, 0.4) is 0 Å². The summed E-state index contributed by atoms with van der Waals surface area (Å²) in [6.45, 7) is 8.62. The van der Waals surface area contributed by atoms with E-state index in [-0.39, 0.29) is 18.0 Å².